The topological polar surface area (TPSA) is 25.4 Å². The largest absolute Gasteiger partial charge is 0.496 e. The Labute approximate surface area is 210 Å². The summed E-state index contributed by atoms with van der Waals surface area (Å²) in [5.74, 6) is 4.04. The van der Waals surface area contributed by atoms with Crippen molar-refractivity contribution in [3.8, 4) is 29.4 Å². The lowest BCUT2D eigenvalue weighted by atomic mass is 9.97. The van der Waals surface area contributed by atoms with Crippen LogP contribution in [0.25, 0.3) is 11.3 Å². The number of thiazole rings is 1. The van der Waals surface area contributed by atoms with Crippen molar-refractivity contribution in [2.24, 2.45) is 5.92 Å². The minimum absolute atomic E-state index is 0.0320. The van der Waals surface area contributed by atoms with Crippen molar-refractivity contribution >= 4 is 28.1 Å². The van der Waals surface area contributed by atoms with Gasteiger partial charge < -0.3 is 9.64 Å². The Morgan fingerprint density at radius 1 is 1.29 bits per heavy atom. The van der Waals surface area contributed by atoms with Crippen LogP contribution in [0.4, 0.5) is 9.52 Å². The number of benzene rings is 2. The Kier molecular flexibility index (Phi) is 7.50. The van der Waals surface area contributed by atoms with Gasteiger partial charge in [-0.25, -0.2) is 9.37 Å². The second kappa shape index (κ2) is 10.4. The van der Waals surface area contributed by atoms with Crippen molar-refractivity contribution in [1.82, 2.24) is 4.98 Å². The van der Waals surface area contributed by atoms with Crippen LogP contribution in [0.3, 0.4) is 0 Å². The van der Waals surface area contributed by atoms with Gasteiger partial charge in [-0.2, -0.15) is 0 Å². The molecule has 0 aliphatic heterocycles. The molecule has 1 aliphatic rings. The summed E-state index contributed by atoms with van der Waals surface area (Å²) in [6, 6.07) is 9.44. The number of aryl methyl sites for hydroxylation is 3. The van der Waals surface area contributed by atoms with Crippen LogP contribution in [0.1, 0.15) is 53.8 Å². The molecular weight excluding hydrogens is 467 g/mol. The van der Waals surface area contributed by atoms with Gasteiger partial charge in [-0.15, -0.1) is 17.8 Å². The third-order valence-corrected chi connectivity index (χ3v) is 7.83. The molecule has 3 nitrogen and oxygen atoms in total. The summed E-state index contributed by atoms with van der Waals surface area (Å²) in [7, 11) is 1.64. The smallest absolute Gasteiger partial charge is 0.187 e. The summed E-state index contributed by atoms with van der Waals surface area (Å²) in [6.45, 7) is 6.41. The fourth-order valence-corrected chi connectivity index (χ4v) is 5.61. The first kappa shape index (κ1) is 24.6. The monoisotopic (exact) mass is 496 g/mol. The van der Waals surface area contributed by atoms with Crippen LogP contribution in [-0.4, -0.2) is 18.6 Å². The lowest BCUT2D eigenvalue weighted by Crippen LogP contribution is -2.29. The van der Waals surface area contributed by atoms with E-state index in [1.54, 1.807) is 24.5 Å². The van der Waals surface area contributed by atoms with Gasteiger partial charge in [0.25, 0.3) is 0 Å². The molecule has 178 valence electrons. The van der Waals surface area contributed by atoms with E-state index in [0.717, 1.165) is 50.1 Å². The third-order valence-electron chi connectivity index (χ3n) is 6.50. The number of halogens is 2. The third kappa shape index (κ3) is 5.09. The molecule has 1 saturated carbocycles. The van der Waals surface area contributed by atoms with Crippen molar-refractivity contribution < 1.29 is 9.13 Å². The summed E-state index contributed by atoms with van der Waals surface area (Å²) < 4.78 is 20.2. The van der Waals surface area contributed by atoms with Crippen molar-refractivity contribution in [3.05, 3.63) is 62.7 Å². The molecule has 1 heterocycles. The first-order chi connectivity index (χ1) is 16.4. The Morgan fingerprint density at radius 2 is 2.06 bits per heavy atom. The Morgan fingerprint density at radius 3 is 2.68 bits per heavy atom. The lowest BCUT2D eigenvalue weighted by Gasteiger charge is -2.31. The maximum atomic E-state index is 14.8. The SMILES string of the molecule is C#CCN(c1nc(-c2cc(C)c(OC)cc2Cl)c(C)s1)C(CC1CC1)c1ccc(CC)c(F)c1. The number of terminal acetylenes is 1. The second-order valence-electron chi connectivity index (χ2n) is 8.93. The second-order valence-corrected chi connectivity index (χ2v) is 10.5. The van der Waals surface area contributed by atoms with Crippen LogP contribution < -0.4 is 9.64 Å². The van der Waals surface area contributed by atoms with E-state index in [9.17, 15) is 4.39 Å². The highest BCUT2D eigenvalue weighted by molar-refractivity contribution is 7.16. The minimum Gasteiger partial charge on any atom is -0.496 e. The van der Waals surface area contributed by atoms with Gasteiger partial charge in [0.05, 0.1) is 30.4 Å². The zero-order valence-corrected chi connectivity index (χ0v) is 21.7. The summed E-state index contributed by atoms with van der Waals surface area (Å²) in [5.41, 5.74) is 4.39. The fraction of sp³-hybridized carbons (Fsp3) is 0.393. The molecule has 1 aromatic heterocycles. The molecule has 1 fully saturated rings. The van der Waals surface area contributed by atoms with Gasteiger partial charge in [0.2, 0.25) is 0 Å². The van der Waals surface area contributed by atoms with Crippen LogP contribution in [0, 0.1) is 37.9 Å². The molecule has 1 aliphatic carbocycles. The minimum atomic E-state index is -0.155. The van der Waals surface area contributed by atoms with E-state index in [1.165, 1.54) is 12.8 Å². The number of rotatable bonds is 9. The van der Waals surface area contributed by atoms with Crippen molar-refractivity contribution in [1.29, 1.82) is 0 Å². The van der Waals surface area contributed by atoms with E-state index < -0.39 is 0 Å². The summed E-state index contributed by atoms with van der Waals surface area (Å²) in [5, 5.41) is 1.43. The van der Waals surface area contributed by atoms with Gasteiger partial charge in [-0.3, -0.25) is 0 Å². The molecule has 0 bridgehead atoms. The number of ether oxygens (including phenoxy) is 1. The van der Waals surface area contributed by atoms with Crippen LogP contribution in [0.5, 0.6) is 5.75 Å². The van der Waals surface area contributed by atoms with Crippen LogP contribution in [0.15, 0.2) is 30.3 Å². The maximum Gasteiger partial charge on any atom is 0.187 e. The van der Waals surface area contributed by atoms with E-state index in [2.05, 4.69) is 10.8 Å². The number of aromatic nitrogens is 1. The molecule has 6 heteroatoms. The summed E-state index contributed by atoms with van der Waals surface area (Å²) in [4.78, 5) is 8.23. The molecule has 3 aromatic rings. The zero-order valence-electron chi connectivity index (χ0n) is 20.1. The molecule has 0 radical (unpaired) electrons. The Bertz CT molecular complexity index is 1230. The molecule has 0 spiro atoms. The standard InChI is InChI=1S/C28H30ClFN2OS/c1-6-12-32(25(14-19-8-9-19)21-11-10-20(7-2)24(30)15-21)28-31-27(18(4)34-28)22-13-17(3)26(33-5)16-23(22)29/h1,10-11,13,15-16,19,25H,7-9,12,14H2,2-5H3. The molecule has 0 amide bonds. The van der Waals surface area contributed by atoms with Crippen LogP contribution >= 0.6 is 22.9 Å². The van der Waals surface area contributed by atoms with Gasteiger partial charge in [-0.1, -0.05) is 49.4 Å². The average Bonchev–Trinajstić information content (AvgIpc) is 3.56. The highest BCUT2D eigenvalue weighted by atomic mass is 35.5. The van der Waals surface area contributed by atoms with E-state index in [0.29, 0.717) is 23.9 Å². The maximum absolute atomic E-state index is 14.8. The van der Waals surface area contributed by atoms with Crippen LogP contribution in [0.2, 0.25) is 5.02 Å². The zero-order chi connectivity index (χ0) is 24.4. The molecule has 34 heavy (non-hydrogen) atoms. The molecule has 1 unspecified atom stereocenters. The van der Waals surface area contributed by atoms with Gasteiger partial charge in [0, 0.05) is 10.4 Å². The van der Waals surface area contributed by atoms with Crippen molar-refractivity contribution in [3.63, 3.8) is 0 Å². The average molecular weight is 497 g/mol. The lowest BCUT2D eigenvalue weighted by molar-refractivity contribution is 0.412. The normalized spacial score (nSPS) is 14.0. The molecular formula is C28H30ClFN2OS. The van der Waals surface area contributed by atoms with Crippen molar-refractivity contribution in [2.75, 3.05) is 18.6 Å². The van der Waals surface area contributed by atoms with E-state index in [4.69, 9.17) is 27.7 Å². The molecule has 4 rings (SSSR count). The highest BCUT2D eigenvalue weighted by Gasteiger charge is 2.32. The number of hydrogen-bond donors (Lipinski definition) is 0. The van der Waals surface area contributed by atoms with Gasteiger partial charge in [-0.05, 0) is 67.5 Å². The molecule has 2 aromatic carbocycles. The number of hydrogen-bond acceptors (Lipinski definition) is 4. The molecule has 1 atom stereocenters. The first-order valence-corrected chi connectivity index (χ1v) is 12.9. The number of methoxy groups -OCH3 is 1. The summed E-state index contributed by atoms with van der Waals surface area (Å²) in [6.07, 6.45) is 9.83. The van der Waals surface area contributed by atoms with E-state index >= 15 is 0 Å². The van der Waals surface area contributed by atoms with Crippen LogP contribution in [-0.2, 0) is 6.42 Å². The van der Waals surface area contributed by atoms with Gasteiger partial charge >= 0.3 is 0 Å². The summed E-state index contributed by atoms with van der Waals surface area (Å²) >= 11 is 8.21. The van der Waals surface area contributed by atoms with E-state index in [1.807, 2.05) is 45.0 Å². The number of anilines is 1. The first-order valence-electron chi connectivity index (χ1n) is 11.7. The quantitative estimate of drug-likeness (QED) is 0.283. The predicted molar refractivity (Wildman–Crippen MR) is 141 cm³/mol. The fourth-order valence-electron chi connectivity index (χ4n) is 4.40. The van der Waals surface area contributed by atoms with Gasteiger partial charge in [0.1, 0.15) is 11.6 Å². The Hall–Kier alpha value is -2.55. The highest BCUT2D eigenvalue weighted by Crippen LogP contribution is 2.44. The molecule has 0 N–H and O–H groups in total. The predicted octanol–water partition coefficient (Wildman–Crippen LogP) is 7.77. The van der Waals surface area contributed by atoms with Crippen molar-refractivity contribution in [2.45, 2.75) is 52.5 Å². The Balaban J connectivity index is 1.76. The number of nitrogens with zero attached hydrogens (tertiary/aromatic N) is 2. The van der Waals surface area contributed by atoms with Gasteiger partial charge in [0.15, 0.2) is 5.13 Å². The van der Waals surface area contributed by atoms with E-state index in [-0.39, 0.29) is 11.9 Å². The molecule has 0 saturated heterocycles.